The van der Waals surface area contributed by atoms with Gasteiger partial charge in [-0.2, -0.15) is 10.2 Å². The Bertz CT molecular complexity index is 1460. The molecule has 4 aromatic carbocycles. The molecule has 0 radical (unpaired) electrons. The Morgan fingerprint density at radius 3 is 1.50 bits per heavy atom. The Morgan fingerprint density at radius 1 is 0.421 bits per heavy atom. The fourth-order valence-corrected chi connectivity index (χ4v) is 4.85. The maximum atomic E-state index is 4.42. The van der Waals surface area contributed by atoms with Gasteiger partial charge < -0.3 is 9.80 Å². The van der Waals surface area contributed by atoms with Gasteiger partial charge in [0, 0.05) is 22.7 Å². The lowest BCUT2D eigenvalue weighted by atomic mass is 10.1. The molecule has 38 heavy (non-hydrogen) atoms. The van der Waals surface area contributed by atoms with E-state index < -0.39 is 0 Å². The Hall–Kier alpha value is -4.96. The minimum absolute atomic E-state index is 0.210. The summed E-state index contributed by atoms with van der Waals surface area (Å²) < 4.78 is 0. The molecule has 0 spiro atoms. The lowest BCUT2D eigenvalue weighted by Crippen LogP contribution is -2.38. The van der Waals surface area contributed by atoms with Crippen molar-refractivity contribution >= 4 is 34.1 Å². The molecule has 0 amide bonds. The largest absolute Gasteiger partial charge is 0.352 e. The molecule has 2 aliphatic rings. The summed E-state index contributed by atoms with van der Waals surface area (Å²) >= 11 is 0. The van der Waals surface area contributed by atoms with Crippen LogP contribution in [0.25, 0.3) is 0 Å². The Kier molecular flexibility index (Phi) is 6.77. The number of anilines is 4. The van der Waals surface area contributed by atoms with Crippen molar-refractivity contribution in [3.63, 3.8) is 0 Å². The van der Waals surface area contributed by atoms with Crippen LogP contribution in [0.5, 0.6) is 0 Å². The van der Waals surface area contributed by atoms with Crippen molar-refractivity contribution in [2.24, 2.45) is 10.2 Å². The quantitative estimate of drug-likeness (QED) is 0.229. The molecule has 6 rings (SSSR count). The lowest BCUT2D eigenvalue weighted by molar-refractivity contribution is 0.773. The molecule has 0 fully saturated rings. The van der Waals surface area contributed by atoms with Crippen molar-refractivity contribution < 1.29 is 0 Å². The third-order valence-corrected chi connectivity index (χ3v) is 6.64. The lowest BCUT2D eigenvalue weighted by Gasteiger charge is -2.34. The molecule has 0 N–H and O–H groups in total. The summed E-state index contributed by atoms with van der Waals surface area (Å²) in [6, 6.07) is 37.7. The molecule has 0 saturated carbocycles. The zero-order valence-electron chi connectivity index (χ0n) is 21.0. The van der Waals surface area contributed by atoms with Gasteiger partial charge in [-0.1, -0.05) is 91.1 Å². The van der Waals surface area contributed by atoms with E-state index in [4.69, 9.17) is 0 Å². The van der Waals surface area contributed by atoms with Gasteiger partial charge in [0.05, 0.1) is 23.5 Å². The minimum atomic E-state index is 0.210. The van der Waals surface area contributed by atoms with Crippen LogP contribution in [0.15, 0.2) is 168 Å². The first kappa shape index (κ1) is 23.4. The van der Waals surface area contributed by atoms with Gasteiger partial charge in [-0.05, 0) is 66.7 Å². The fourth-order valence-electron chi connectivity index (χ4n) is 4.85. The third-order valence-electron chi connectivity index (χ3n) is 6.64. The SMILES string of the molecule is C1=CC(N(c2cccc(N(c3ccccc3)c3ccc(N=Nc4ccccc4)cc3)c2)C2C=CC=C2)C=C1. The predicted molar refractivity (Wildman–Crippen MR) is 158 cm³/mol. The van der Waals surface area contributed by atoms with E-state index >= 15 is 0 Å². The first-order valence-corrected chi connectivity index (χ1v) is 12.9. The Labute approximate surface area is 223 Å². The van der Waals surface area contributed by atoms with Crippen LogP contribution in [0.3, 0.4) is 0 Å². The first-order valence-electron chi connectivity index (χ1n) is 12.9. The summed E-state index contributed by atoms with van der Waals surface area (Å²) in [5, 5.41) is 8.78. The van der Waals surface area contributed by atoms with Crippen LogP contribution >= 0.6 is 0 Å². The van der Waals surface area contributed by atoms with E-state index in [9.17, 15) is 0 Å². The summed E-state index contributed by atoms with van der Waals surface area (Å²) in [6.45, 7) is 0. The van der Waals surface area contributed by atoms with Crippen molar-refractivity contribution in [2.75, 3.05) is 9.80 Å². The number of allylic oxidation sites excluding steroid dienone is 4. The highest BCUT2D eigenvalue weighted by atomic mass is 15.2. The van der Waals surface area contributed by atoms with Gasteiger partial charge in [-0.15, -0.1) is 0 Å². The highest BCUT2D eigenvalue weighted by Crippen LogP contribution is 2.38. The monoisotopic (exact) mass is 492 g/mol. The number of nitrogens with zero attached hydrogens (tertiary/aromatic N) is 4. The molecule has 4 heteroatoms. The van der Waals surface area contributed by atoms with Gasteiger partial charge in [0.15, 0.2) is 0 Å². The summed E-state index contributed by atoms with van der Waals surface area (Å²) in [5.41, 5.74) is 6.05. The molecular weight excluding hydrogens is 464 g/mol. The maximum absolute atomic E-state index is 4.42. The van der Waals surface area contributed by atoms with Crippen molar-refractivity contribution in [3.05, 3.63) is 158 Å². The molecule has 0 aromatic heterocycles. The van der Waals surface area contributed by atoms with Gasteiger partial charge in [-0.3, -0.25) is 0 Å². The number of hydrogen-bond acceptors (Lipinski definition) is 4. The van der Waals surface area contributed by atoms with Crippen LogP contribution in [0.1, 0.15) is 0 Å². The average Bonchev–Trinajstić information content (AvgIpc) is 3.70. The van der Waals surface area contributed by atoms with Gasteiger partial charge in [0.25, 0.3) is 0 Å². The van der Waals surface area contributed by atoms with Gasteiger partial charge in [0.1, 0.15) is 0 Å². The van der Waals surface area contributed by atoms with Crippen LogP contribution in [-0.2, 0) is 0 Å². The molecule has 0 unspecified atom stereocenters. The Morgan fingerprint density at radius 2 is 0.895 bits per heavy atom. The van der Waals surface area contributed by atoms with E-state index in [1.54, 1.807) is 0 Å². The highest BCUT2D eigenvalue weighted by Gasteiger charge is 2.24. The van der Waals surface area contributed by atoms with Crippen molar-refractivity contribution in [3.8, 4) is 0 Å². The van der Waals surface area contributed by atoms with E-state index in [0.717, 1.165) is 28.4 Å². The molecule has 4 nitrogen and oxygen atoms in total. The topological polar surface area (TPSA) is 31.2 Å². The van der Waals surface area contributed by atoms with E-state index in [0.29, 0.717) is 0 Å². The molecular formula is C34H28N4. The van der Waals surface area contributed by atoms with E-state index in [1.165, 1.54) is 5.69 Å². The zero-order chi connectivity index (χ0) is 25.6. The number of rotatable bonds is 8. The average molecular weight is 493 g/mol. The standard InChI is InChI=1S/C34H28N4/c1-3-12-27(13-4-1)35-36-28-22-24-32(25-23-28)38(29-14-5-2-6-15-29)34-21-11-20-33(26-34)37(30-16-7-8-17-30)31-18-9-10-19-31/h1-26,30-31H. The molecule has 0 bridgehead atoms. The molecule has 4 aromatic rings. The molecule has 0 atom stereocenters. The normalized spacial score (nSPS) is 14.6. The zero-order valence-corrected chi connectivity index (χ0v) is 21.0. The minimum Gasteiger partial charge on any atom is -0.352 e. The third kappa shape index (κ3) is 5.11. The second-order valence-corrected chi connectivity index (χ2v) is 9.17. The first-order chi connectivity index (χ1) is 18.8. The number of hydrogen-bond donors (Lipinski definition) is 0. The van der Waals surface area contributed by atoms with Crippen molar-refractivity contribution in [1.82, 2.24) is 0 Å². The summed E-state index contributed by atoms with van der Waals surface area (Å²) in [6.07, 6.45) is 17.4. The van der Waals surface area contributed by atoms with Crippen LogP contribution in [-0.4, -0.2) is 12.1 Å². The van der Waals surface area contributed by atoms with Crippen molar-refractivity contribution in [1.29, 1.82) is 0 Å². The predicted octanol–water partition coefficient (Wildman–Crippen LogP) is 9.37. The highest BCUT2D eigenvalue weighted by molar-refractivity contribution is 5.79. The fraction of sp³-hybridized carbons (Fsp3) is 0.0588. The summed E-state index contributed by atoms with van der Waals surface area (Å²) in [4.78, 5) is 4.72. The number of benzene rings is 4. The van der Waals surface area contributed by atoms with Gasteiger partial charge >= 0.3 is 0 Å². The number of azo groups is 1. The molecule has 0 saturated heterocycles. The van der Waals surface area contributed by atoms with E-state index in [1.807, 2.05) is 48.5 Å². The smallest absolute Gasteiger partial charge is 0.0858 e. The van der Waals surface area contributed by atoms with Gasteiger partial charge in [-0.25, -0.2) is 0 Å². The molecule has 0 aliphatic heterocycles. The van der Waals surface area contributed by atoms with Crippen LogP contribution < -0.4 is 9.80 Å². The second kappa shape index (κ2) is 11.0. The van der Waals surface area contributed by atoms with Crippen molar-refractivity contribution in [2.45, 2.75) is 12.1 Å². The summed E-state index contributed by atoms with van der Waals surface area (Å²) in [5.74, 6) is 0. The molecule has 184 valence electrons. The maximum Gasteiger partial charge on any atom is 0.0858 e. The molecule has 2 aliphatic carbocycles. The Balaban J connectivity index is 1.35. The molecule has 0 heterocycles. The van der Waals surface area contributed by atoms with E-state index in [2.05, 4.69) is 129 Å². The number of para-hydroxylation sites is 1. The summed E-state index contributed by atoms with van der Waals surface area (Å²) in [7, 11) is 0. The second-order valence-electron chi connectivity index (χ2n) is 9.17. The van der Waals surface area contributed by atoms with Crippen LogP contribution in [0.4, 0.5) is 34.1 Å². The van der Waals surface area contributed by atoms with Crippen LogP contribution in [0.2, 0.25) is 0 Å². The van der Waals surface area contributed by atoms with E-state index in [-0.39, 0.29) is 12.1 Å². The van der Waals surface area contributed by atoms with Crippen LogP contribution in [0, 0.1) is 0 Å². The van der Waals surface area contributed by atoms with Gasteiger partial charge in [0.2, 0.25) is 0 Å².